The molecule has 2 amide bonds. The van der Waals surface area contributed by atoms with Crippen LogP contribution in [0.2, 0.25) is 0 Å². The molecule has 122 valence electrons. The number of benzene rings is 1. The maximum absolute atomic E-state index is 12.1. The molecule has 1 aromatic rings. The number of urea groups is 1. The lowest BCUT2D eigenvalue weighted by Crippen LogP contribution is -2.48. The summed E-state index contributed by atoms with van der Waals surface area (Å²) in [6.45, 7) is 7.20. The Hall–Kier alpha value is -1.55. The van der Waals surface area contributed by atoms with E-state index in [0.717, 1.165) is 25.9 Å². The lowest BCUT2D eigenvalue weighted by atomic mass is 9.88. The third-order valence-corrected chi connectivity index (χ3v) is 4.57. The van der Waals surface area contributed by atoms with E-state index in [4.69, 9.17) is 0 Å². The fourth-order valence-electron chi connectivity index (χ4n) is 3.03. The van der Waals surface area contributed by atoms with Crippen molar-refractivity contribution in [2.24, 2.45) is 5.92 Å². The molecule has 0 bridgehead atoms. The molecule has 0 radical (unpaired) electrons. The minimum atomic E-state index is -0.0314. The summed E-state index contributed by atoms with van der Waals surface area (Å²) in [5.41, 5.74) is 1.29. The van der Waals surface area contributed by atoms with E-state index in [1.807, 2.05) is 6.07 Å². The highest BCUT2D eigenvalue weighted by molar-refractivity contribution is 5.74. The SMILES string of the molecule is CC(C)C(CNC(=O)NC1CCN(C)CC1)c1ccccc1. The van der Waals surface area contributed by atoms with Gasteiger partial charge in [0.1, 0.15) is 0 Å². The number of carbonyl (C=O) groups excluding carboxylic acids is 1. The number of piperidine rings is 1. The Morgan fingerprint density at radius 3 is 2.45 bits per heavy atom. The summed E-state index contributed by atoms with van der Waals surface area (Å²) < 4.78 is 0. The highest BCUT2D eigenvalue weighted by atomic mass is 16.2. The van der Waals surface area contributed by atoms with Crippen LogP contribution < -0.4 is 10.6 Å². The van der Waals surface area contributed by atoms with E-state index in [-0.39, 0.29) is 6.03 Å². The summed E-state index contributed by atoms with van der Waals surface area (Å²) in [5, 5.41) is 6.17. The average Bonchev–Trinajstić information content (AvgIpc) is 2.50. The van der Waals surface area contributed by atoms with E-state index < -0.39 is 0 Å². The molecule has 1 unspecified atom stereocenters. The molecule has 1 aliphatic rings. The van der Waals surface area contributed by atoms with Crippen LogP contribution in [-0.4, -0.2) is 43.7 Å². The van der Waals surface area contributed by atoms with Gasteiger partial charge in [0.25, 0.3) is 0 Å². The maximum Gasteiger partial charge on any atom is 0.315 e. The quantitative estimate of drug-likeness (QED) is 0.878. The van der Waals surface area contributed by atoms with Crippen molar-refractivity contribution in [1.29, 1.82) is 0 Å². The second-order valence-electron chi connectivity index (χ2n) is 6.69. The van der Waals surface area contributed by atoms with Crippen LogP contribution in [0.4, 0.5) is 4.79 Å². The summed E-state index contributed by atoms with van der Waals surface area (Å²) in [6.07, 6.45) is 2.08. The van der Waals surface area contributed by atoms with E-state index in [1.165, 1.54) is 5.56 Å². The maximum atomic E-state index is 12.1. The molecular formula is C18H29N3O. The van der Waals surface area contributed by atoms with Gasteiger partial charge in [0.2, 0.25) is 0 Å². The number of rotatable bonds is 5. The van der Waals surface area contributed by atoms with Gasteiger partial charge in [0, 0.05) is 18.5 Å². The first kappa shape index (κ1) is 16.8. The van der Waals surface area contributed by atoms with Crippen LogP contribution in [0.15, 0.2) is 30.3 Å². The molecule has 22 heavy (non-hydrogen) atoms. The van der Waals surface area contributed by atoms with E-state index in [1.54, 1.807) is 0 Å². The van der Waals surface area contributed by atoms with Gasteiger partial charge in [-0.2, -0.15) is 0 Å². The number of hydrogen-bond acceptors (Lipinski definition) is 2. The van der Waals surface area contributed by atoms with Crippen LogP contribution in [0, 0.1) is 5.92 Å². The summed E-state index contributed by atoms with van der Waals surface area (Å²) in [5.74, 6) is 0.843. The molecule has 1 fully saturated rings. The van der Waals surface area contributed by atoms with Crippen molar-refractivity contribution in [3.05, 3.63) is 35.9 Å². The van der Waals surface area contributed by atoms with E-state index in [2.05, 4.69) is 60.7 Å². The summed E-state index contributed by atoms with van der Waals surface area (Å²) in [7, 11) is 2.13. The Labute approximate surface area is 134 Å². The number of amides is 2. The van der Waals surface area contributed by atoms with Gasteiger partial charge in [-0.15, -0.1) is 0 Å². The minimum absolute atomic E-state index is 0.0314. The van der Waals surface area contributed by atoms with Crippen LogP contribution in [0.25, 0.3) is 0 Å². The van der Waals surface area contributed by atoms with Crippen LogP contribution in [0.3, 0.4) is 0 Å². The monoisotopic (exact) mass is 303 g/mol. The molecule has 0 saturated carbocycles. The Balaban J connectivity index is 1.81. The molecule has 0 aliphatic carbocycles. The van der Waals surface area contributed by atoms with Gasteiger partial charge in [-0.1, -0.05) is 44.2 Å². The lowest BCUT2D eigenvalue weighted by Gasteiger charge is -2.30. The number of carbonyl (C=O) groups is 1. The predicted octanol–water partition coefficient (Wildman–Crippen LogP) is 2.82. The fraction of sp³-hybridized carbons (Fsp3) is 0.611. The van der Waals surface area contributed by atoms with Crippen molar-refractivity contribution in [3.63, 3.8) is 0 Å². The van der Waals surface area contributed by atoms with Gasteiger partial charge >= 0.3 is 6.03 Å². The molecule has 1 aliphatic heterocycles. The Bertz CT molecular complexity index is 453. The molecule has 2 rings (SSSR count). The molecule has 1 heterocycles. The van der Waals surface area contributed by atoms with Gasteiger partial charge in [-0.25, -0.2) is 4.79 Å². The zero-order valence-electron chi connectivity index (χ0n) is 14.0. The second kappa shape index (κ2) is 8.18. The molecule has 4 nitrogen and oxygen atoms in total. The lowest BCUT2D eigenvalue weighted by molar-refractivity contribution is 0.213. The van der Waals surface area contributed by atoms with Crippen molar-refractivity contribution in [1.82, 2.24) is 15.5 Å². The number of nitrogens with one attached hydrogen (secondary N) is 2. The second-order valence-corrected chi connectivity index (χ2v) is 6.69. The zero-order valence-corrected chi connectivity index (χ0v) is 14.0. The Kier molecular flexibility index (Phi) is 6.25. The van der Waals surface area contributed by atoms with Gasteiger partial charge in [-0.3, -0.25) is 0 Å². The van der Waals surface area contributed by atoms with E-state index in [0.29, 0.717) is 24.4 Å². The van der Waals surface area contributed by atoms with Crippen molar-refractivity contribution in [3.8, 4) is 0 Å². The van der Waals surface area contributed by atoms with Gasteiger partial charge in [-0.05, 0) is 44.5 Å². The van der Waals surface area contributed by atoms with Gasteiger partial charge < -0.3 is 15.5 Å². The highest BCUT2D eigenvalue weighted by Crippen LogP contribution is 2.23. The standard InChI is InChI=1S/C18H29N3O/c1-14(2)17(15-7-5-4-6-8-15)13-19-18(22)20-16-9-11-21(3)12-10-16/h4-8,14,16-17H,9-13H2,1-3H3,(H2,19,20,22). The molecular weight excluding hydrogens is 274 g/mol. The van der Waals surface area contributed by atoms with Crippen molar-refractivity contribution in [2.45, 2.75) is 38.6 Å². The molecule has 1 aromatic carbocycles. The molecule has 1 saturated heterocycles. The molecule has 0 aromatic heterocycles. The highest BCUT2D eigenvalue weighted by Gasteiger charge is 2.20. The number of likely N-dealkylation sites (tertiary alicyclic amines) is 1. The number of nitrogens with zero attached hydrogens (tertiary/aromatic N) is 1. The molecule has 2 N–H and O–H groups in total. The van der Waals surface area contributed by atoms with Crippen molar-refractivity contribution >= 4 is 6.03 Å². The largest absolute Gasteiger partial charge is 0.338 e. The van der Waals surface area contributed by atoms with Crippen LogP contribution >= 0.6 is 0 Å². The first-order chi connectivity index (χ1) is 10.6. The Morgan fingerprint density at radius 2 is 1.86 bits per heavy atom. The van der Waals surface area contributed by atoms with Gasteiger partial charge in [0.05, 0.1) is 0 Å². The average molecular weight is 303 g/mol. The molecule has 4 heteroatoms. The summed E-state index contributed by atoms with van der Waals surface area (Å²) in [6, 6.07) is 10.7. The van der Waals surface area contributed by atoms with E-state index >= 15 is 0 Å². The minimum Gasteiger partial charge on any atom is -0.338 e. The Morgan fingerprint density at radius 1 is 1.23 bits per heavy atom. The molecule has 1 atom stereocenters. The third kappa shape index (κ3) is 5.02. The third-order valence-electron chi connectivity index (χ3n) is 4.57. The topological polar surface area (TPSA) is 44.4 Å². The van der Waals surface area contributed by atoms with Gasteiger partial charge in [0.15, 0.2) is 0 Å². The number of hydrogen-bond donors (Lipinski definition) is 2. The molecule has 0 spiro atoms. The zero-order chi connectivity index (χ0) is 15.9. The first-order valence-electron chi connectivity index (χ1n) is 8.34. The van der Waals surface area contributed by atoms with Crippen LogP contribution in [0.1, 0.15) is 38.2 Å². The predicted molar refractivity (Wildman–Crippen MR) is 91.1 cm³/mol. The van der Waals surface area contributed by atoms with Crippen molar-refractivity contribution < 1.29 is 4.79 Å². The van der Waals surface area contributed by atoms with Crippen LogP contribution in [0.5, 0.6) is 0 Å². The van der Waals surface area contributed by atoms with Crippen LogP contribution in [-0.2, 0) is 0 Å². The summed E-state index contributed by atoms with van der Waals surface area (Å²) in [4.78, 5) is 14.4. The normalized spacial score (nSPS) is 18.2. The smallest absolute Gasteiger partial charge is 0.315 e. The van der Waals surface area contributed by atoms with Crippen molar-refractivity contribution in [2.75, 3.05) is 26.7 Å². The fourth-order valence-corrected chi connectivity index (χ4v) is 3.03. The summed E-state index contributed by atoms with van der Waals surface area (Å²) >= 11 is 0. The van der Waals surface area contributed by atoms with E-state index in [9.17, 15) is 4.79 Å². The first-order valence-corrected chi connectivity index (χ1v) is 8.34.